The summed E-state index contributed by atoms with van der Waals surface area (Å²) in [5.74, 6) is 0.893. The number of hydrogen-bond donors (Lipinski definition) is 0. The number of benzene rings is 1. The molecule has 33 heavy (non-hydrogen) atoms. The van der Waals surface area contributed by atoms with Crippen LogP contribution in [0.15, 0.2) is 49.2 Å². The molecular formula is C22H24N6O5. The number of ether oxygens (including phenoxy) is 4. The van der Waals surface area contributed by atoms with Gasteiger partial charge >= 0.3 is 6.01 Å². The maximum absolute atomic E-state index is 12.7. The summed E-state index contributed by atoms with van der Waals surface area (Å²) in [6.45, 7) is 1.70. The van der Waals surface area contributed by atoms with Crippen molar-refractivity contribution in [2.24, 2.45) is 0 Å². The zero-order valence-corrected chi connectivity index (χ0v) is 18.3. The molecule has 0 radical (unpaired) electrons. The van der Waals surface area contributed by atoms with E-state index in [2.05, 4.69) is 20.1 Å². The lowest BCUT2D eigenvalue weighted by Gasteiger charge is -2.32. The fourth-order valence-corrected chi connectivity index (χ4v) is 3.25. The first kappa shape index (κ1) is 22.2. The lowest BCUT2D eigenvalue weighted by atomic mass is 10.2. The molecule has 2 aromatic heterocycles. The molecule has 0 saturated carbocycles. The van der Waals surface area contributed by atoms with Gasteiger partial charge in [-0.15, -0.1) is 0 Å². The first-order chi connectivity index (χ1) is 16.2. The van der Waals surface area contributed by atoms with E-state index in [1.807, 2.05) is 24.3 Å². The van der Waals surface area contributed by atoms with E-state index < -0.39 is 0 Å². The average Bonchev–Trinajstić information content (AvgIpc) is 3.41. The quantitative estimate of drug-likeness (QED) is 0.468. The van der Waals surface area contributed by atoms with Crippen molar-refractivity contribution in [1.82, 2.24) is 29.6 Å². The molecule has 0 bridgehead atoms. The normalized spacial score (nSPS) is 16.1. The Labute approximate surface area is 190 Å². The summed E-state index contributed by atoms with van der Waals surface area (Å²) in [6, 6.07) is 7.69. The summed E-state index contributed by atoms with van der Waals surface area (Å²) in [7, 11) is 2.97. The molecule has 1 saturated heterocycles. The van der Waals surface area contributed by atoms with Gasteiger partial charge in [0, 0.05) is 18.8 Å². The number of amides is 1. The minimum absolute atomic E-state index is 0.140. The molecule has 11 nitrogen and oxygen atoms in total. The zero-order chi connectivity index (χ0) is 23.0. The first-order valence-corrected chi connectivity index (χ1v) is 10.3. The van der Waals surface area contributed by atoms with E-state index in [0.717, 1.165) is 5.69 Å². The number of morpholine rings is 1. The Morgan fingerprint density at radius 3 is 2.82 bits per heavy atom. The summed E-state index contributed by atoms with van der Waals surface area (Å²) in [6.07, 6.45) is 7.51. The molecule has 3 aromatic rings. The Bertz CT molecular complexity index is 1090. The molecule has 11 heteroatoms. The monoisotopic (exact) mass is 452 g/mol. The van der Waals surface area contributed by atoms with Crippen LogP contribution < -0.4 is 14.2 Å². The second-order valence-corrected chi connectivity index (χ2v) is 7.08. The van der Waals surface area contributed by atoms with Gasteiger partial charge in [0.15, 0.2) is 0 Å². The molecule has 0 aliphatic carbocycles. The molecule has 1 atom stereocenters. The van der Waals surface area contributed by atoms with Gasteiger partial charge in [0.05, 0.1) is 38.6 Å². The van der Waals surface area contributed by atoms with Crippen molar-refractivity contribution < 1.29 is 23.7 Å². The highest BCUT2D eigenvalue weighted by atomic mass is 16.5. The summed E-state index contributed by atoms with van der Waals surface area (Å²) in [5.41, 5.74) is 1.46. The molecule has 3 heterocycles. The topological polar surface area (TPSA) is 114 Å². The SMILES string of the molecule is COc1ncc(C=CC(=O)N2CCOC(COc3ccc(-n4cncn4)cc3)C2)c(OC)n1. The van der Waals surface area contributed by atoms with Gasteiger partial charge in [-0.25, -0.2) is 14.6 Å². The van der Waals surface area contributed by atoms with Crippen LogP contribution in [0.2, 0.25) is 0 Å². The first-order valence-electron chi connectivity index (χ1n) is 10.3. The fraction of sp³-hybridized carbons (Fsp3) is 0.318. The van der Waals surface area contributed by atoms with E-state index in [1.54, 1.807) is 28.2 Å². The fourth-order valence-electron chi connectivity index (χ4n) is 3.25. The third-order valence-electron chi connectivity index (χ3n) is 4.95. The molecule has 1 amide bonds. The van der Waals surface area contributed by atoms with Crippen LogP contribution in [-0.2, 0) is 9.53 Å². The molecule has 0 spiro atoms. The third kappa shape index (κ3) is 5.63. The smallest absolute Gasteiger partial charge is 0.319 e. The van der Waals surface area contributed by atoms with Crippen molar-refractivity contribution in [3.05, 3.63) is 54.8 Å². The van der Waals surface area contributed by atoms with Crippen molar-refractivity contribution in [1.29, 1.82) is 0 Å². The highest BCUT2D eigenvalue weighted by Gasteiger charge is 2.23. The number of aromatic nitrogens is 5. The molecule has 1 aliphatic heterocycles. The van der Waals surface area contributed by atoms with E-state index in [4.69, 9.17) is 18.9 Å². The molecule has 0 N–H and O–H groups in total. The molecular weight excluding hydrogens is 428 g/mol. The van der Waals surface area contributed by atoms with E-state index in [0.29, 0.717) is 43.5 Å². The zero-order valence-electron chi connectivity index (χ0n) is 18.3. The van der Waals surface area contributed by atoms with Gasteiger partial charge in [-0.05, 0) is 30.3 Å². The highest BCUT2D eigenvalue weighted by Crippen LogP contribution is 2.19. The molecule has 1 unspecified atom stereocenters. The largest absolute Gasteiger partial charge is 0.491 e. The van der Waals surface area contributed by atoms with Crippen LogP contribution >= 0.6 is 0 Å². The maximum Gasteiger partial charge on any atom is 0.319 e. The molecule has 1 aliphatic rings. The van der Waals surface area contributed by atoms with Crippen molar-refractivity contribution in [2.45, 2.75) is 6.10 Å². The summed E-state index contributed by atoms with van der Waals surface area (Å²) >= 11 is 0. The van der Waals surface area contributed by atoms with E-state index in [1.165, 1.54) is 26.6 Å². The second kappa shape index (κ2) is 10.6. The van der Waals surface area contributed by atoms with Crippen LogP contribution in [0.3, 0.4) is 0 Å². The van der Waals surface area contributed by atoms with Crippen LogP contribution in [0.5, 0.6) is 17.6 Å². The number of hydrogen-bond acceptors (Lipinski definition) is 9. The van der Waals surface area contributed by atoms with Crippen LogP contribution in [-0.4, -0.2) is 82.2 Å². The van der Waals surface area contributed by atoms with Gasteiger partial charge in [-0.2, -0.15) is 10.1 Å². The maximum atomic E-state index is 12.7. The Hall–Kier alpha value is -3.99. The number of rotatable bonds is 8. The van der Waals surface area contributed by atoms with Gasteiger partial charge in [0.2, 0.25) is 11.8 Å². The van der Waals surface area contributed by atoms with Crippen molar-refractivity contribution in [3.63, 3.8) is 0 Å². The number of carbonyl (C=O) groups excluding carboxylic acids is 1. The van der Waals surface area contributed by atoms with Crippen molar-refractivity contribution in [2.75, 3.05) is 40.5 Å². The van der Waals surface area contributed by atoms with E-state index in [-0.39, 0.29) is 18.0 Å². The number of carbonyl (C=O) groups is 1. The Morgan fingerprint density at radius 1 is 1.24 bits per heavy atom. The highest BCUT2D eigenvalue weighted by molar-refractivity contribution is 5.92. The van der Waals surface area contributed by atoms with Crippen LogP contribution in [0.4, 0.5) is 0 Å². The molecule has 1 aromatic carbocycles. The summed E-state index contributed by atoms with van der Waals surface area (Å²) < 4.78 is 23.5. The number of methoxy groups -OCH3 is 2. The molecule has 1 fully saturated rings. The minimum atomic E-state index is -0.232. The predicted octanol–water partition coefficient (Wildman–Crippen LogP) is 1.39. The van der Waals surface area contributed by atoms with Gasteiger partial charge in [-0.1, -0.05) is 0 Å². The Morgan fingerprint density at radius 2 is 2.09 bits per heavy atom. The minimum Gasteiger partial charge on any atom is -0.491 e. The summed E-state index contributed by atoms with van der Waals surface area (Å²) in [5, 5.41) is 4.09. The Kier molecular flexibility index (Phi) is 7.10. The van der Waals surface area contributed by atoms with E-state index >= 15 is 0 Å². The van der Waals surface area contributed by atoms with Gasteiger partial charge < -0.3 is 23.8 Å². The van der Waals surface area contributed by atoms with Gasteiger partial charge in [0.1, 0.15) is 31.1 Å². The third-order valence-corrected chi connectivity index (χ3v) is 4.95. The number of nitrogens with zero attached hydrogens (tertiary/aromatic N) is 6. The molecule has 4 rings (SSSR count). The van der Waals surface area contributed by atoms with Crippen LogP contribution in [0, 0.1) is 0 Å². The summed E-state index contributed by atoms with van der Waals surface area (Å²) in [4.78, 5) is 26.5. The lowest BCUT2D eigenvalue weighted by molar-refractivity contribution is -0.134. The predicted molar refractivity (Wildman–Crippen MR) is 117 cm³/mol. The van der Waals surface area contributed by atoms with Crippen LogP contribution in [0.25, 0.3) is 11.8 Å². The van der Waals surface area contributed by atoms with Gasteiger partial charge in [-0.3, -0.25) is 4.79 Å². The average molecular weight is 452 g/mol. The van der Waals surface area contributed by atoms with Crippen LogP contribution in [0.1, 0.15) is 5.56 Å². The standard InChI is InChI=1S/C22H24N6O5/c1-30-21-16(11-24-22(26-21)31-2)3-8-20(29)27-9-10-32-19(12-27)13-33-18-6-4-17(5-7-18)28-15-23-14-25-28/h3-8,11,14-15,19H,9-10,12-13H2,1-2H3. The van der Waals surface area contributed by atoms with Crippen molar-refractivity contribution in [3.8, 4) is 23.3 Å². The molecule has 172 valence electrons. The second-order valence-electron chi connectivity index (χ2n) is 7.08. The van der Waals surface area contributed by atoms with E-state index in [9.17, 15) is 4.79 Å². The van der Waals surface area contributed by atoms with Gasteiger partial charge in [0.25, 0.3) is 0 Å². The lowest BCUT2D eigenvalue weighted by Crippen LogP contribution is -2.47. The Balaban J connectivity index is 1.31. The van der Waals surface area contributed by atoms with Crippen molar-refractivity contribution >= 4 is 12.0 Å².